The second kappa shape index (κ2) is 6.97. The number of ether oxygens (including phenoxy) is 1. The van der Waals surface area contributed by atoms with Gasteiger partial charge in [-0.3, -0.25) is 4.79 Å². The maximum Gasteiger partial charge on any atom is 0.141 e. The van der Waals surface area contributed by atoms with Crippen molar-refractivity contribution in [2.45, 2.75) is 12.8 Å². The Morgan fingerprint density at radius 2 is 2.00 bits per heavy atom. The van der Waals surface area contributed by atoms with Gasteiger partial charge in [0.2, 0.25) is 0 Å². The fourth-order valence-corrected chi connectivity index (χ4v) is 1.65. The lowest BCUT2D eigenvalue weighted by Gasteiger charge is -2.12. The minimum absolute atomic E-state index is 0.103. The van der Waals surface area contributed by atoms with Crippen molar-refractivity contribution in [2.75, 3.05) is 27.2 Å². The molecule has 0 aliphatic rings. The Bertz CT molecular complexity index is 395. The number of likely N-dealkylation sites (N-methyl/N-ethyl adjacent to an activating group) is 1. The summed E-state index contributed by atoms with van der Waals surface area (Å²) in [6, 6.07) is 7.62. The van der Waals surface area contributed by atoms with Crippen LogP contribution in [0.1, 0.15) is 18.4 Å². The van der Waals surface area contributed by atoms with Crippen LogP contribution in [-0.4, -0.2) is 37.9 Å². The molecule has 0 fully saturated rings. The van der Waals surface area contributed by atoms with Crippen LogP contribution in [0.3, 0.4) is 0 Å². The molecule has 18 heavy (non-hydrogen) atoms. The summed E-state index contributed by atoms with van der Waals surface area (Å²) in [7, 11) is 4.02. The van der Waals surface area contributed by atoms with Crippen molar-refractivity contribution in [2.24, 2.45) is 0 Å². The second-order valence-corrected chi connectivity index (χ2v) is 4.54. The molecule has 3 nitrogen and oxygen atoms in total. The zero-order valence-corrected chi connectivity index (χ0v) is 11.3. The summed E-state index contributed by atoms with van der Waals surface area (Å²) in [6.45, 7) is 6.81. The molecule has 1 atom stereocenters. The van der Waals surface area contributed by atoms with Crippen molar-refractivity contribution >= 4 is 5.78 Å². The van der Waals surface area contributed by atoms with Crippen molar-refractivity contribution in [3.8, 4) is 5.75 Å². The summed E-state index contributed by atoms with van der Waals surface area (Å²) in [5.74, 6) is 0.707. The molecule has 0 aromatic heterocycles. The van der Waals surface area contributed by atoms with Gasteiger partial charge in [-0.1, -0.05) is 18.2 Å². The third kappa shape index (κ3) is 4.34. The van der Waals surface area contributed by atoms with Gasteiger partial charge in [0.15, 0.2) is 0 Å². The first-order valence-corrected chi connectivity index (χ1v) is 6.05. The van der Waals surface area contributed by atoms with E-state index in [1.807, 2.05) is 38.4 Å². The van der Waals surface area contributed by atoms with E-state index < -0.39 is 0 Å². The summed E-state index contributed by atoms with van der Waals surface area (Å²) in [4.78, 5) is 13.5. The van der Waals surface area contributed by atoms with E-state index in [0.29, 0.717) is 6.61 Å². The van der Waals surface area contributed by atoms with Crippen molar-refractivity contribution in [3.63, 3.8) is 0 Å². The summed E-state index contributed by atoms with van der Waals surface area (Å²) in [6.07, 6.45) is 1.67. The molecule has 0 spiro atoms. The molecule has 0 saturated heterocycles. The van der Waals surface area contributed by atoms with Gasteiger partial charge in [0.25, 0.3) is 0 Å². The Morgan fingerprint density at radius 3 is 2.44 bits per heavy atom. The van der Waals surface area contributed by atoms with Crippen LogP contribution >= 0.6 is 0 Å². The molecule has 1 aromatic rings. The lowest BCUT2D eigenvalue weighted by Crippen LogP contribution is -2.19. The molecule has 0 heterocycles. The lowest BCUT2D eigenvalue weighted by molar-refractivity contribution is -0.117. The molecule has 0 aliphatic heterocycles. The molecule has 0 amide bonds. The van der Waals surface area contributed by atoms with E-state index in [1.165, 1.54) is 0 Å². The van der Waals surface area contributed by atoms with Crippen LogP contribution in [0.25, 0.3) is 0 Å². The van der Waals surface area contributed by atoms with Gasteiger partial charge in [-0.15, -0.1) is 6.58 Å². The van der Waals surface area contributed by atoms with Gasteiger partial charge in [-0.25, -0.2) is 0 Å². The van der Waals surface area contributed by atoms with E-state index in [1.54, 1.807) is 13.0 Å². The van der Waals surface area contributed by atoms with E-state index in [4.69, 9.17) is 4.74 Å². The molecular weight excluding hydrogens is 226 g/mol. The minimum Gasteiger partial charge on any atom is -0.492 e. The molecule has 1 rings (SSSR count). The molecule has 0 radical (unpaired) electrons. The number of benzene rings is 1. The third-order valence-electron chi connectivity index (χ3n) is 2.72. The number of carbonyl (C=O) groups excluding carboxylic acids is 1. The molecule has 1 aromatic carbocycles. The Kier molecular flexibility index (Phi) is 5.59. The molecule has 0 bridgehead atoms. The Balaban J connectivity index is 2.62. The normalized spacial score (nSPS) is 12.2. The standard InChI is InChI=1S/C15H21NO2/c1-5-15(12(2)17)13-6-8-14(9-7-13)18-11-10-16(3)4/h5-9,15H,1,10-11H2,2-4H3. The largest absolute Gasteiger partial charge is 0.492 e. The summed E-state index contributed by atoms with van der Waals surface area (Å²) < 4.78 is 5.59. The number of allylic oxidation sites excluding steroid dienone is 1. The number of hydrogen-bond donors (Lipinski definition) is 0. The highest BCUT2D eigenvalue weighted by molar-refractivity contribution is 5.85. The molecule has 98 valence electrons. The molecule has 0 aliphatic carbocycles. The van der Waals surface area contributed by atoms with Crippen LogP contribution in [0.15, 0.2) is 36.9 Å². The Morgan fingerprint density at radius 1 is 1.39 bits per heavy atom. The first-order valence-electron chi connectivity index (χ1n) is 6.05. The number of hydrogen-bond acceptors (Lipinski definition) is 3. The van der Waals surface area contributed by atoms with Gasteiger partial charge in [0.1, 0.15) is 18.1 Å². The fraction of sp³-hybridized carbons (Fsp3) is 0.400. The number of carbonyl (C=O) groups is 1. The average Bonchev–Trinajstić information content (AvgIpc) is 2.31. The Labute approximate surface area is 109 Å². The summed E-state index contributed by atoms with van der Waals surface area (Å²) >= 11 is 0. The van der Waals surface area contributed by atoms with Crippen LogP contribution in [0.4, 0.5) is 0 Å². The molecule has 0 N–H and O–H groups in total. The summed E-state index contributed by atoms with van der Waals surface area (Å²) in [5, 5.41) is 0. The first kappa shape index (κ1) is 14.5. The van der Waals surface area contributed by atoms with E-state index in [9.17, 15) is 4.79 Å². The van der Waals surface area contributed by atoms with Gasteiger partial charge in [0, 0.05) is 6.54 Å². The van der Waals surface area contributed by atoms with Crippen molar-refractivity contribution in [1.29, 1.82) is 0 Å². The van der Waals surface area contributed by atoms with Crippen LogP contribution in [-0.2, 0) is 4.79 Å². The van der Waals surface area contributed by atoms with Gasteiger partial charge in [-0.05, 0) is 38.7 Å². The fourth-order valence-electron chi connectivity index (χ4n) is 1.65. The maximum absolute atomic E-state index is 11.4. The summed E-state index contributed by atoms with van der Waals surface area (Å²) in [5.41, 5.74) is 0.956. The SMILES string of the molecule is C=CC(C(C)=O)c1ccc(OCCN(C)C)cc1. The van der Waals surface area contributed by atoms with Gasteiger partial charge < -0.3 is 9.64 Å². The first-order chi connectivity index (χ1) is 8.54. The van der Waals surface area contributed by atoms with Crippen LogP contribution in [0.5, 0.6) is 5.75 Å². The van der Waals surface area contributed by atoms with E-state index in [-0.39, 0.29) is 11.7 Å². The maximum atomic E-state index is 11.4. The van der Waals surface area contributed by atoms with Gasteiger partial charge in [-0.2, -0.15) is 0 Å². The number of Topliss-reactive ketones (excluding diaryl/α,β-unsaturated/α-hetero) is 1. The molecule has 1 unspecified atom stereocenters. The predicted octanol–water partition coefficient (Wildman–Crippen LogP) is 2.49. The van der Waals surface area contributed by atoms with E-state index in [0.717, 1.165) is 17.9 Å². The predicted molar refractivity (Wildman–Crippen MR) is 74.1 cm³/mol. The number of ketones is 1. The highest BCUT2D eigenvalue weighted by Crippen LogP contribution is 2.21. The second-order valence-electron chi connectivity index (χ2n) is 4.54. The zero-order chi connectivity index (χ0) is 13.5. The number of nitrogens with zero attached hydrogens (tertiary/aromatic N) is 1. The topological polar surface area (TPSA) is 29.5 Å². The van der Waals surface area contributed by atoms with E-state index >= 15 is 0 Å². The van der Waals surface area contributed by atoms with Gasteiger partial charge in [0.05, 0.1) is 5.92 Å². The van der Waals surface area contributed by atoms with Crippen molar-refractivity contribution in [3.05, 3.63) is 42.5 Å². The quantitative estimate of drug-likeness (QED) is 0.693. The smallest absolute Gasteiger partial charge is 0.141 e. The highest BCUT2D eigenvalue weighted by atomic mass is 16.5. The average molecular weight is 247 g/mol. The zero-order valence-electron chi connectivity index (χ0n) is 11.3. The van der Waals surface area contributed by atoms with E-state index in [2.05, 4.69) is 11.5 Å². The van der Waals surface area contributed by atoms with Crippen LogP contribution in [0.2, 0.25) is 0 Å². The number of rotatable bonds is 7. The Hall–Kier alpha value is -1.61. The highest BCUT2D eigenvalue weighted by Gasteiger charge is 2.12. The van der Waals surface area contributed by atoms with Crippen molar-refractivity contribution in [1.82, 2.24) is 4.90 Å². The minimum atomic E-state index is -0.221. The molecular formula is C15H21NO2. The van der Waals surface area contributed by atoms with Crippen LogP contribution < -0.4 is 4.74 Å². The monoisotopic (exact) mass is 247 g/mol. The van der Waals surface area contributed by atoms with Gasteiger partial charge >= 0.3 is 0 Å². The van der Waals surface area contributed by atoms with Crippen molar-refractivity contribution < 1.29 is 9.53 Å². The third-order valence-corrected chi connectivity index (χ3v) is 2.72. The lowest BCUT2D eigenvalue weighted by atomic mass is 9.96. The molecule has 0 saturated carbocycles. The van der Waals surface area contributed by atoms with Crippen LogP contribution in [0, 0.1) is 0 Å². The molecule has 3 heteroatoms.